The molecule has 1 amide bonds. The number of anilines is 1. The molecule has 0 heterocycles. The van der Waals surface area contributed by atoms with Gasteiger partial charge in [-0.05, 0) is 67.9 Å². The van der Waals surface area contributed by atoms with E-state index in [4.69, 9.17) is 27.9 Å². The first-order valence-electron chi connectivity index (χ1n) is 10.2. The highest BCUT2D eigenvalue weighted by Gasteiger charge is 2.28. The first-order valence-corrected chi connectivity index (χ1v) is 12.4. The molecule has 0 aromatic heterocycles. The third-order valence-electron chi connectivity index (χ3n) is 4.77. The Morgan fingerprint density at radius 3 is 2.36 bits per heavy atom. The van der Waals surface area contributed by atoms with Crippen molar-refractivity contribution in [2.24, 2.45) is 0 Å². The zero-order valence-electron chi connectivity index (χ0n) is 18.2. The van der Waals surface area contributed by atoms with E-state index in [-0.39, 0.29) is 23.2 Å². The number of rotatable bonds is 9. The molecule has 3 aromatic carbocycles. The molecule has 0 saturated carbocycles. The minimum atomic E-state index is -4.06. The number of nitrogens with one attached hydrogen (secondary N) is 1. The molecule has 0 aliphatic carbocycles. The lowest BCUT2D eigenvalue weighted by atomic mass is 10.2. The highest BCUT2D eigenvalue weighted by atomic mass is 35.5. The third-order valence-corrected chi connectivity index (χ3v) is 7.05. The van der Waals surface area contributed by atoms with Gasteiger partial charge in [-0.2, -0.15) is 0 Å². The van der Waals surface area contributed by atoms with E-state index in [0.717, 1.165) is 15.6 Å². The highest BCUT2D eigenvalue weighted by molar-refractivity contribution is 7.92. The molecule has 0 saturated heterocycles. The van der Waals surface area contributed by atoms with Crippen molar-refractivity contribution in [3.8, 4) is 5.75 Å². The maximum atomic E-state index is 13.4. The Labute approximate surface area is 204 Å². The number of hydrogen-bond acceptors (Lipinski definition) is 4. The maximum Gasteiger partial charge on any atom is 0.264 e. The van der Waals surface area contributed by atoms with Crippen LogP contribution in [0.3, 0.4) is 0 Å². The summed E-state index contributed by atoms with van der Waals surface area (Å²) in [5.74, 6) is 0.248. The Bertz CT molecular complexity index is 1220. The predicted molar refractivity (Wildman–Crippen MR) is 132 cm³/mol. The van der Waals surface area contributed by atoms with Crippen LogP contribution in [0.15, 0.2) is 77.7 Å². The average molecular weight is 507 g/mol. The molecule has 0 aliphatic rings. The number of amides is 1. The van der Waals surface area contributed by atoms with Crippen LogP contribution in [0.1, 0.15) is 12.5 Å². The number of hydrogen-bond donors (Lipinski definition) is 1. The van der Waals surface area contributed by atoms with Crippen LogP contribution in [0.5, 0.6) is 5.75 Å². The molecular weight excluding hydrogens is 483 g/mol. The second kappa shape index (κ2) is 10.9. The van der Waals surface area contributed by atoms with E-state index in [2.05, 4.69) is 5.32 Å². The largest absolute Gasteiger partial charge is 0.491 e. The van der Waals surface area contributed by atoms with Gasteiger partial charge in [0, 0.05) is 10.0 Å². The number of ether oxygens (including phenoxy) is 1. The molecule has 0 bridgehead atoms. The van der Waals surface area contributed by atoms with Gasteiger partial charge in [0.05, 0.1) is 16.6 Å². The molecule has 0 radical (unpaired) electrons. The molecule has 6 nitrogen and oxygen atoms in total. The van der Waals surface area contributed by atoms with Gasteiger partial charge in [-0.25, -0.2) is 8.42 Å². The van der Waals surface area contributed by atoms with E-state index in [9.17, 15) is 13.2 Å². The lowest BCUT2D eigenvalue weighted by Crippen LogP contribution is -2.45. The molecule has 0 spiro atoms. The Morgan fingerprint density at radius 2 is 1.70 bits per heavy atom. The van der Waals surface area contributed by atoms with Crippen molar-refractivity contribution in [3.05, 3.63) is 88.4 Å². The summed E-state index contributed by atoms with van der Waals surface area (Å²) in [6.45, 7) is 3.52. The van der Waals surface area contributed by atoms with Gasteiger partial charge >= 0.3 is 0 Å². The molecular formula is C24H24Cl2N2O4S. The minimum Gasteiger partial charge on any atom is -0.491 e. The summed E-state index contributed by atoms with van der Waals surface area (Å²) in [5, 5.41) is 3.55. The van der Waals surface area contributed by atoms with Crippen LogP contribution >= 0.6 is 23.2 Å². The predicted octanol–water partition coefficient (Wildman–Crippen LogP) is 5.08. The van der Waals surface area contributed by atoms with Crippen molar-refractivity contribution >= 4 is 44.8 Å². The fourth-order valence-electron chi connectivity index (χ4n) is 3.11. The zero-order valence-corrected chi connectivity index (χ0v) is 20.5. The average Bonchev–Trinajstić information content (AvgIpc) is 2.77. The first-order chi connectivity index (χ1) is 15.7. The summed E-state index contributed by atoms with van der Waals surface area (Å²) in [4.78, 5) is 12.8. The van der Waals surface area contributed by atoms with Gasteiger partial charge in [-0.15, -0.1) is 0 Å². The van der Waals surface area contributed by atoms with Crippen molar-refractivity contribution < 1.29 is 17.9 Å². The summed E-state index contributed by atoms with van der Waals surface area (Å²) >= 11 is 12.0. The Balaban J connectivity index is 1.76. The van der Waals surface area contributed by atoms with Crippen LogP contribution in [0.2, 0.25) is 10.0 Å². The Kier molecular flexibility index (Phi) is 8.24. The Morgan fingerprint density at radius 1 is 1.00 bits per heavy atom. The lowest BCUT2D eigenvalue weighted by Gasteiger charge is -2.25. The van der Waals surface area contributed by atoms with Crippen molar-refractivity contribution in [1.29, 1.82) is 0 Å². The molecule has 3 rings (SSSR count). The number of aryl methyl sites for hydroxylation is 1. The normalized spacial score (nSPS) is 12.1. The molecule has 3 aromatic rings. The summed E-state index contributed by atoms with van der Waals surface area (Å²) < 4.78 is 33.5. The summed E-state index contributed by atoms with van der Waals surface area (Å²) in [7, 11) is -4.06. The van der Waals surface area contributed by atoms with E-state index >= 15 is 0 Å². The molecule has 33 heavy (non-hydrogen) atoms. The van der Waals surface area contributed by atoms with Gasteiger partial charge in [0.2, 0.25) is 5.91 Å². The van der Waals surface area contributed by atoms with Gasteiger partial charge in [0.25, 0.3) is 10.0 Å². The lowest BCUT2D eigenvalue weighted by molar-refractivity contribution is -0.120. The molecule has 174 valence electrons. The summed E-state index contributed by atoms with van der Waals surface area (Å²) in [5.41, 5.74) is 1.26. The standard InChI is InChI=1S/C24H24Cl2N2O4S/c1-17-6-3-4-9-23(17)32-16-18(2)27-24(29)15-28(21-8-5-7-20(26)14-21)33(30,31)22-12-10-19(25)11-13-22/h3-14,18H,15-16H2,1-2H3,(H,27,29). The fourth-order valence-corrected chi connectivity index (χ4v) is 4.83. The third kappa shape index (κ3) is 6.63. The molecule has 1 unspecified atom stereocenters. The molecule has 0 aliphatic heterocycles. The molecule has 9 heteroatoms. The van der Waals surface area contributed by atoms with Crippen LogP contribution in [-0.2, 0) is 14.8 Å². The van der Waals surface area contributed by atoms with E-state index in [1.807, 2.05) is 31.2 Å². The summed E-state index contributed by atoms with van der Waals surface area (Å²) in [6.07, 6.45) is 0. The van der Waals surface area contributed by atoms with Crippen molar-refractivity contribution in [2.45, 2.75) is 24.8 Å². The minimum absolute atomic E-state index is 0.00982. The number of sulfonamides is 1. The van der Waals surface area contributed by atoms with E-state index in [1.165, 1.54) is 30.3 Å². The van der Waals surface area contributed by atoms with Crippen LogP contribution < -0.4 is 14.4 Å². The summed E-state index contributed by atoms with van der Waals surface area (Å²) in [6, 6.07) is 19.3. The second-order valence-electron chi connectivity index (χ2n) is 7.49. The van der Waals surface area contributed by atoms with Crippen molar-refractivity contribution in [3.63, 3.8) is 0 Å². The van der Waals surface area contributed by atoms with Gasteiger partial charge in [-0.3, -0.25) is 9.10 Å². The van der Waals surface area contributed by atoms with E-state index in [0.29, 0.717) is 10.0 Å². The smallest absolute Gasteiger partial charge is 0.264 e. The van der Waals surface area contributed by atoms with Crippen LogP contribution in [0.4, 0.5) is 5.69 Å². The fraction of sp³-hybridized carbons (Fsp3) is 0.208. The second-order valence-corrected chi connectivity index (χ2v) is 10.2. The van der Waals surface area contributed by atoms with Crippen LogP contribution in [0.25, 0.3) is 0 Å². The van der Waals surface area contributed by atoms with Gasteiger partial charge in [0.15, 0.2) is 0 Å². The van der Waals surface area contributed by atoms with Gasteiger partial charge in [-0.1, -0.05) is 47.5 Å². The number of nitrogens with zero attached hydrogens (tertiary/aromatic N) is 1. The molecule has 1 N–H and O–H groups in total. The van der Waals surface area contributed by atoms with Gasteiger partial charge in [0.1, 0.15) is 18.9 Å². The first kappa shape index (κ1) is 24.9. The number of para-hydroxylation sites is 1. The quantitative estimate of drug-likeness (QED) is 0.438. The number of halogens is 2. The van der Waals surface area contributed by atoms with E-state index < -0.39 is 22.5 Å². The maximum absolute atomic E-state index is 13.4. The topological polar surface area (TPSA) is 75.7 Å². The Hall–Kier alpha value is -2.74. The van der Waals surface area contributed by atoms with Crippen molar-refractivity contribution in [2.75, 3.05) is 17.5 Å². The molecule has 0 fully saturated rings. The van der Waals surface area contributed by atoms with E-state index in [1.54, 1.807) is 25.1 Å². The zero-order chi connectivity index (χ0) is 24.0. The monoisotopic (exact) mass is 506 g/mol. The SMILES string of the molecule is Cc1ccccc1OCC(C)NC(=O)CN(c1cccc(Cl)c1)S(=O)(=O)c1ccc(Cl)cc1. The van der Waals surface area contributed by atoms with Crippen LogP contribution in [-0.4, -0.2) is 33.5 Å². The number of benzene rings is 3. The van der Waals surface area contributed by atoms with Crippen molar-refractivity contribution in [1.82, 2.24) is 5.32 Å². The van der Waals surface area contributed by atoms with Gasteiger partial charge < -0.3 is 10.1 Å². The number of carbonyl (C=O) groups excluding carboxylic acids is 1. The molecule has 1 atom stereocenters. The highest BCUT2D eigenvalue weighted by Crippen LogP contribution is 2.26. The van der Waals surface area contributed by atoms with Crippen LogP contribution in [0, 0.1) is 6.92 Å². The number of carbonyl (C=O) groups is 1.